The minimum Gasteiger partial charge on any atom is -0.369 e. The summed E-state index contributed by atoms with van der Waals surface area (Å²) in [6, 6.07) is 4.93. The highest BCUT2D eigenvalue weighted by molar-refractivity contribution is 5.78. The molecule has 20 heavy (non-hydrogen) atoms. The normalized spacial score (nSPS) is 11.2. The molecule has 0 atom stereocenters. The zero-order valence-corrected chi connectivity index (χ0v) is 11.0. The van der Waals surface area contributed by atoms with Crippen molar-refractivity contribution in [2.45, 2.75) is 25.9 Å². The maximum Gasteiger partial charge on any atom is 0.201 e. The zero-order chi connectivity index (χ0) is 13.9. The fraction of sp³-hybridized carbons (Fsp3) is 0.286. The van der Waals surface area contributed by atoms with Crippen LogP contribution in [-0.4, -0.2) is 19.1 Å². The Balaban J connectivity index is 1.68. The number of benzene rings is 1. The predicted molar refractivity (Wildman–Crippen MR) is 75.6 cm³/mol. The minimum atomic E-state index is -0.327. The molecule has 2 heterocycles. The molecule has 0 aliphatic rings. The average molecular weight is 273 g/mol. The van der Waals surface area contributed by atoms with Crippen molar-refractivity contribution in [2.75, 3.05) is 5.73 Å². The zero-order valence-electron chi connectivity index (χ0n) is 11.0. The lowest BCUT2D eigenvalue weighted by molar-refractivity contribution is 0.562. The van der Waals surface area contributed by atoms with E-state index in [0.29, 0.717) is 11.5 Å². The number of anilines is 1. The van der Waals surface area contributed by atoms with Gasteiger partial charge in [0.25, 0.3) is 0 Å². The van der Waals surface area contributed by atoms with E-state index < -0.39 is 0 Å². The molecule has 5 nitrogen and oxygen atoms in total. The number of hydrogen-bond donors (Lipinski definition) is 1. The lowest BCUT2D eigenvalue weighted by atomic mass is 10.2. The van der Waals surface area contributed by atoms with E-state index in [4.69, 9.17) is 5.73 Å². The molecule has 2 aromatic heterocycles. The topological polar surface area (TPSA) is 61.7 Å². The van der Waals surface area contributed by atoms with Crippen molar-refractivity contribution in [3.05, 3.63) is 42.7 Å². The van der Waals surface area contributed by atoms with Crippen molar-refractivity contribution < 1.29 is 4.39 Å². The Morgan fingerprint density at radius 3 is 2.85 bits per heavy atom. The van der Waals surface area contributed by atoms with Gasteiger partial charge in [0.2, 0.25) is 5.95 Å². The highest BCUT2D eigenvalue weighted by Crippen LogP contribution is 2.21. The van der Waals surface area contributed by atoms with Gasteiger partial charge >= 0.3 is 0 Å². The lowest BCUT2D eigenvalue weighted by Crippen LogP contribution is -2.04. The minimum absolute atomic E-state index is 0.327. The number of hydrogen-bond acceptors (Lipinski definition) is 3. The highest BCUT2D eigenvalue weighted by atomic mass is 19.1. The molecule has 3 rings (SSSR count). The molecule has 3 aromatic rings. The first-order chi connectivity index (χ1) is 9.75. The van der Waals surface area contributed by atoms with Gasteiger partial charge in [-0.2, -0.15) is 0 Å². The fourth-order valence-electron chi connectivity index (χ4n) is 2.35. The smallest absolute Gasteiger partial charge is 0.201 e. The predicted octanol–water partition coefficient (Wildman–Crippen LogP) is 2.43. The summed E-state index contributed by atoms with van der Waals surface area (Å²) in [7, 11) is 0. The number of fused-ring (bicyclic) bond motifs is 1. The molecular formula is C14H16FN5. The van der Waals surface area contributed by atoms with E-state index in [-0.39, 0.29) is 5.82 Å². The van der Waals surface area contributed by atoms with E-state index >= 15 is 0 Å². The van der Waals surface area contributed by atoms with Gasteiger partial charge in [0.1, 0.15) is 5.52 Å². The number of unbranched alkanes of at least 4 members (excludes halogenated alkanes) is 1. The molecule has 1 aromatic carbocycles. The number of nitrogens with two attached hydrogens (primary N) is 1. The number of nitrogens with zero attached hydrogens (tertiary/aromatic N) is 4. The Kier molecular flexibility index (Phi) is 3.37. The van der Waals surface area contributed by atoms with Gasteiger partial charge < -0.3 is 14.9 Å². The van der Waals surface area contributed by atoms with Gasteiger partial charge in [0, 0.05) is 25.5 Å². The summed E-state index contributed by atoms with van der Waals surface area (Å²) >= 11 is 0. The molecule has 0 saturated heterocycles. The standard InChI is InChI=1S/C14H16FN5/c15-11-4-3-5-12-13(11)18-14(16)20(12)8-2-1-7-19-9-6-17-10-19/h3-6,9-10H,1-2,7-8H2,(H2,16,18). The van der Waals surface area contributed by atoms with Crippen LogP contribution in [0.4, 0.5) is 10.3 Å². The van der Waals surface area contributed by atoms with E-state index in [1.807, 2.05) is 21.4 Å². The molecule has 0 fully saturated rings. The molecule has 0 bridgehead atoms. The first kappa shape index (κ1) is 12.7. The van der Waals surface area contributed by atoms with Gasteiger partial charge in [-0.1, -0.05) is 6.07 Å². The van der Waals surface area contributed by atoms with Crippen LogP contribution in [0.5, 0.6) is 0 Å². The van der Waals surface area contributed by atoms with Crippen LogP contribution in [-0.2, 0) is 13.1 Å². The Bertz CT molecular complexity index is 702. The van der Waals surface area contributed by atoms with E-state index in [2.05, 4.69) is 9.97 Å². The third-order valence-electron chi connectivity index (χ3n) is 3.37. The Morgan fingerprint density at radius 2 is 2.05 bits per heavy atom. The van der Waals surface area contributed by atoms with E-state index in [1.54, 1.807) is 18.6 Å². The van der Waals surface area contributed by atoms with Crippen molar-refractivity contribution >= 4 is 17.0 Å². The number of nitrogen functional groups attached to an aromatic ring is 1. The molecule has 104 valence electrons. The van der Waals surface area contributed by atoms with Gasteiger partial charge in [-0.05, 0) is 25.0 Å². The first-order valence-electron chi connectivity index (χ1n) is 6.61. The molecule has 0 unspecified atom stereocenters. The molecular weight excluding hydrogens is 257 g/mol. The van der Waals surface area contributed by atoms with Crippen LogP contribution in [0.2, 0.25) is 0 Å². The maximum absolute atomic E-state index is 13.6. The van der Waals surface area contributed by atoms with E-state index in [9.17, 15) is 4.39 Å². The number of aromatic nitrogens is 4. The van der Waals surface area contributed by atoms with Crippen LogP contribution in [0.1, 0.15) is 12.8 Å². The van der Waals surface area contributed by atoms with Crippen molar-refractivity contribution in [3.63, 3.8) is 0 Å². The molecule has 0 aliphatic heterocycles. The second-order valence-electron chi connectivity index (χ2n) is 4.74. The first-order valence-corrected chi connectivity index (χ1v) is 6.61. The van der Waals surface area contributed by atoms with Gasteiger partial charge in [-0.3, -0.25) is 0 Å². The molecule has 2 N–H and O–H groups in total. The number of rotatable bonds is 5. The fourth-order valence-corrected chi connectivity index (χ4v) is 2.35. The third kappa shape index (κ3) is 2.36. The monoisotopic (exact) mass is 273 g/mol. The lowest BCUT2D eigenvalue weighted by Gasteiger charge is -2.06. The summed E-state index contributed by atoms with van der Waals surface area (Å²) in [5.74, 6) is 0.0408. The van der Waals surface area contributed by atoms with E-state index in [1.165, 1.54) is 6.07 Å². The largest absolute Gasteiger partial charge is 0.369 e. The van der Waals surface area contributed by atoms with Gasteiger partial charge in [-0.25, -0.2) is 14.4 Å². The SMILES string of the molecule is Nc1nc2c(F)cccc2n1CCCCn1ccnc1. The Labute approximate surface area is 115 Å². The molecule has 0 spiro atoms. The summed E-state index contributed by atoms with van der Waals surface area (Å²) < 4.78 is 17.5. The summed E-state index contributed by atoms with van der Waals surface area (Å²) in [5.41, 5.74) is 6.97. The van der Waals surface area contributed by atoms with Crippen LogP contribution in [0.3, 0.4) is 0 Å². The van der Waals surface area contributed by atoms with Gasteiger partial charge in [0.05, 0.1) is 11.8 Å². The van der Waals surface area contributed by atoms with Crippen LogP contribution in [0.15, 0.2) is 36.9 Å². The number of para-hydroxylation sites is 1. The van der Waals surface area contributed by atoms with Crippen LogP contribution in [0, 0.1) is 5.82 Å². The van der Waals surface area contributed by atoms with Crippen molar-refractivity contribution in [1.29, 1.82) is 0 Å². The summed E-state index contributed by atoms with van der Waals surface area (Å²) in [5, 5.41) is 0. The number of halogens is 1. The Morgan fingerprint density at radius 1 is 1.20 bits per heavy atom. The molecule has 0 amide bonds. The summed E-state index contributed by atoms with van der Waals surface area (Å²) in [4.78, 5) is 8.09. The summed E-state index contributed by atoms with van der Waals surface area (Å²) in [6.07, 6.45) is 7.46. The van der Waals surface area contributed by atoms with Crippen LogP contribution < -0.4 is 5.73 Å². The van der Waals surface area contributed by atoms with Crippen LogP contribution in [0.25, 0.3) is 11.0 Å². The molecule has 0 aliphatic carbocycles. The quantitative estimate of drug-likeness (QED) is 0.726. The second kappa shape index (κ2) is 5.32. The summed E-state index contributed by atoms with van der Waals surface area (Å²) in [6.45, 7) is 1.65. The molecule has 0 radical (unpaired) electrons. The van der Waals surface area contributed by atoms with E-state index in [0.717, 1.165) is 31.4 Å². The van der Waals surface area contributed by atoms with Gasteiger partial charge in [0.15, 0.2) is 5.82 Å². The van der Waals surface area contributed by atoms with Crippen LogP contribution >= 0.6 is 0 Å². The average Bonchev–Trinajstić information content (AvgIpc) is 3.04. The Hall–Kier alpha value is -2.37. The highest BCUT2D eigenvalue weighted by Gasteiger charge is 2.10. The van der Waals surface area contributed by atoms with Crippen molar-refractivity contribution in [3.8, 4) is 0 Å². The number of imidazole rings is 2. The molecule has 6 heteroatoms. The van der Waals surface area contributed by atoms with Crippen molar-refractivity contribution in [2.24, 2.45) is 0 Å². The molecule has 0 saturated carbocycles. The number of aryl methyl sites for hydroxylation is 2. The second-order valence-corrected chi connectivity index (χ2v) is 4.74. The van der Waals surface area contributed by atoms with Gasteiger partial charge in [-0.15, -0.1) is 0 Å². The maximum atomic E-state index is 13.6. The van der Waals surface area contributed by atoms with Crippen molar-refractivity contribution in [1.82, 2.24) is 19.1 Å². The third-order valence-corrected chi connectivity index (χ3v) is 3.37.